The fourth-order valence-corrected chi connectivity index (χ4v) is 3.46. The highest BCUT2D eigenvalue weighted by molar-refractivity contribution is 5.86. The first-order valence-electron chi connectivity index (χ1n) is 9.41. The molecule has 0 aliphatic rings. The molecule has 0 bridgehead atoms. The Balaban J connectivity index is 1.82. The maximum absolute atomic E-state index is 13.4. The van der Waals surface area contributed by atoms with Crippen molar-refractivity contribution in [2.24, 2.45) is 0 Å². The number of methoxy groups -OCH3 is 1. The minimum atomic E-state index is -4.47. The number of halogens is 3. The van der Waals surface area contributed by atoms with E-state index in [1.165, 1.54) is 6.07 Å². The topological polar surface area (TPSA) is 52.8 Å². The van der Waals surface area contributed by atoms with Crippen LogP contribution < -0.4 is 4.74 Å². The van der Waals surface area contributed by atoms with Gasteiger partial charge in [0.15, 0.2) is 11.3 Å². The summed E-state index contributed by atoms with van der Waals surface area (Å²) in [5, 5.41) is 0. The second-order valence-electron chi connectivity index (χ2n) is 6.91. The molecule has 0 unspecified atom stereocenters. The SMILES string of the molecule is COc1ccc(-c2nc3nc4ccccc4nc3n2-c2cccc(C(F)(F)F)c2)cc1. The summed E-state index contributed by atoms with van der Waals surface area (Å²) in [5.74, 6) is 1.10. The first kappa shape index (κ1) is 19.0. The van der Waals surface area contributed by atoms with Crippen molar-refractivity contribution >= 4 is 22.3 Å². The highest BCUT2D eigenvalue weighted by Gasteiger charge is 2.31. The molecule has 0 atom stereocenters. The summed E-state index contributed by atoms with van der Waals surface area (Å²) < 4.78 is 46.9. The van der Waals surface area contributed by atoms with Crippen LogP contribution in [0.3, 0.4) is 0 Å². The molecule has 5 aromatic rings. The van der Waals surface area contributed by atoms with Gasteiger partial charge in [0.2, 0.25) is 0 Å². The van der Waals surface area contributed by atoms with Crippen LogP contribution in [-0.2, 0) is 6.18 Å². The predicted octanol–water partition coefficient (Wildman–Crippen LogP) is 5.66. The molecule has 31 heavy (non-hydrogen) atoms. The monoisotopic (exact) mass is 420 g/mol. The summed E-state index contributed by atoms with van der Waals surface area (Å²) in [5.41, 5.74) is 2.26. The van der Waals surface area contributed by atoms with Crippen LogP contribution in [0.25, 0.3) is 39.4 Å². The number of imidazole rings is 1. The number of nitrogens with zero attached hydrogens (tertiary/aromatic N) is 4. The van der Waals surface area contributed by atoms with Crippen LogP contribution in [0.2, 0.25) is 0 Å². The van der Waals surface area contributed by atoms with Crippen molar-refractivity contribution in [1.82, 2.24) is 19.5 Å². The highest BCUT2D eigenvalue weighted by atomic mass is 19.4. The third-order valence-electron chi connectivity index (χ3n) is 4.95. The minimum absolute atomic E-state index is 0.299. The van der Waals surface area contributed by atoms with E-state index in [0.717, 1.165) is 12.1 Å². The van der Waals surface area contributed by atoms with E-state index in [4.69, 9.17) is 4.74 Å². The maximum Gasteiger partial charge on any atom is 0.416 e. The summed E-state index contributed by atoms with van der Waals surface area (Å²) in [6.07, 6.45) is -4.47. The van der Waals surface area contributed by atoms with Gasteiger partial charge in [0.05, 0.1) is 23.7 Å². The Labute approximate surface area is 174 Å². The molecule has 5 nitrogen and oxygen atoms in total. The van der Waals surface area contributed by atoms with Crippen molar-refractivity contribution in [3.8, 4) is 22.8 Å². The molecule has 0 spiro atoms. The molecule has 0 saturated carbocycles. The summed E-state index contributed by atoms with van der Waals surface area (Å²) in [6, 6.07) is 19.5. The zero-order valence-electron chi connectivity index (χ0n) is 16.3. The van der Waals surface area contributed by atoms with Crippen molar-refractivity contribution < 1.29 is 17.9 Å². The molecular weight excluding hydrogens is 405 g/mol. The lowest BCUT2D eigenvalue weighted by atomic mass is 10.1. The van der Waals surface area contributed by atoms with Crippen molar-refractivity contribution in [3.63, 3.8) is 0 Å². The number of fused-ring (bicyclic) bond motifs is 2. The molecule has 0 fully saturated rings. The molecule has 2 heterocycles. The molecule has 0 aliphatic heterocycles. The van der Waals surface area contributed by atoms with Crippen LogP contribution in [0.5, 0.6) is 5.75 Å². The third kappa shape index (κ3) is 3.35. The van der Waals surface area contributed by atoms with Crippen LogP contribution in [0.1, 0.15) is 5.56 Å². The Bertz CT molecular complexity index is 1410. The van der Waals surface area contributed by atoms with Crippen LogP contribution in [0.15, 0.2) is 72.8 Å². The normalized spacial score (nSPS) is 11.9. The first-order chi connectivity index (χ1) is 14.9. The average Bonchev–Trinajstić information content (AvgIpc) is 3.15. The van der Waals surface area contributed by atoms with Crippen molar-refractivity contribution in [2.75, 3.05) is 7.11 Å². The van der Waals surface area contributed by atoms with Crippen molar-refractivity contribution in [2.45, 2.75) is 6.18 Å². The zero-order chi connectivity index (χ0) is 21.6. The number of para-hydroxylation sites is 2. The molecule has 0 saturated heterocycles. The molecule has 154 valence electrons. The minimum Gasteiger partial charge on any atom is -0.497 e. The zero-order valence-corrected chi connectivity index (χ0v) is 16.3. The Hall–Kier alpha value is -3.94. The van der Waals surface area contributed by atoms with Crippen LogP contribution in [0, 0.1) is 0 Å². The Morgan fingerprint density at radius 2 is 1.52 bits per heavy atom. The van der Waals surface area contributed by atoms with Gasteiger partial charge in [0.1, 0.15) is 11.6 Å². The van der Waals surface area contributed by atoms with Crippen LogP contribution in [-0.4, -0.2) is 26.6 Å². The van der Waals surface area contributed by atoms with E-state index in [0.29, 0.717) is 45.2 Å². The van der Waals surface area contributed by atoms with Gasteiger partial charge in [-0.2, -0.15) is 13.2 Å². The molecule has 0 aliphatic carbocycles. The number of ether oxygens (including phenoxy) is 1. The van der Waals surface area contributed by atoms with Crippen LogP contribution >= 0.6 is 0 Å². The lowest BCUT2D eigenvalue weighted by Gasteiger charge is -2.12. The number of alkyl halides is 3. The molecule has 2 aromatic heterocycles. The van der Waals surface area contributed by atoms with Gasteiger partial charge in [-0.3, -0.25) is 4.57 Å². The molecule has 8 heteroatoms. The number of hydrogen-bond donors (Lipinski definition) is 0. The standard InChI is InChI=1S/C23H15F3N4O/c1-31-17-11-9-14(10-12-17)21-29-20-22(28-19-8-3-2-7-18(19)27-20)30(21)16-6-4-5-15(13-16)23(24,25)26/h2-13H,1H3. The van der Waals surface area contributed by atoms with Gasteiger partial charge in [0.25, 0.3) is 0 Å². The van der Waals surface area contributed by atoms with E-state index in [-0.39, 0.29) is 0 Å². The number of aromatic nitrogens is 4. The third-order valence-corrected chi connectivity index (χ3v) is 4.95. The number of hydrogen-bond acceptors (Lipinski definition) is 4. The fraction of sp³-hybridized carbons (Fsp3) is 0.0870. The van der Waals surface area contributed by atoms with Gasteiger partial charge in [-0.1, -0.05) is 18.2 Å². The van der Waals surface area contributed by atoms with E-state index in [1.807, 2.05) is 18.2 Å². The summed E-state index contributed by atoms with van der Waals surface area (Å²) in [7, 11) is 1.56. The molecular formula is C23H15F3N4O. The van der Waals surface area contributed by atoms with E-state index < -0.39 is 11.7 Å². The smallest absolute Gasteiger partial charge is 0.416 e. The molecule has 5 rings (SSSR count). The van der Waals surface area contributed by atoms with E-state index in [1.54, 1.807) is 48.1 Å². The van der Waals surface area contributed by atoms with E-state index in [2.05, 4.69) is 15.0 Å². The largest absolute Gasteiger partial charge is 0.497 e. The van der Waals surface area contributed by atoms with Gasteiger partial charge in [-0.25, -0.2) is 15.0 Å². The summed E-state index contributed by atoms with van der Waals surface area (Å²) in [6.45, 7) is 0. The van der Waals surface area contributed by atoms with E-state index >= 15 is 0 Å². The lowest BCUT2D eigenvalue weighted by Crippen LogP contribution is -2.07. The van der Waals surface area contributed by atoms with Gasteiger partial charge in [-0.15, -0.1) is 0 Å². The second kappa shape index (κ2) is 7.09. The maximum atomic E-state index is 13.4. The summed E-state index contributed by atoms with van der Waals surface area (Å²) in [4.78, 5) is 13.9. The summed E-state index contributed by atoms with van der Waals surface area (Å²) >= 11 is 0. The molecule has 0 radical (unpaired) electrons. The second-order valence-corrected chi connectivity index (χ2v) is 6.91. The van der Waals surface area contributed by atoms with Gasteiger partial charge < -0.3 is 4.74 Å². The molecule has 3 aromatic carbocycles. The highest BCUT2D eigenvalue weighted by Crippen LogP contribution is 2.33. The van der Waals surface area contributed by atoms with Crippen molar-refractivity contribution in [3.05, 3.63) is 78.4 Å². The van der Waals surface area contributed by atoms with E-state index in [9.17, 15) is 13.2 Å². The molecule has 0 N–H and O–H groups in total. The van der Waals surface area contributed by atoms with Gasteiger partial charge in [0, 0.05) is 11.3 Å². The number of benzene rings is 3. The Morgan fingerprint density at radius 1 is 0.806 bits per heavy atom. The number of rotatable bonds is 3. The van der Waals surface area contributed by atoms with Crippen molar-refractivity contribution in [1.29, 1.82) is 0 Å². The average molecular weight is 420 g/mol. The Morgan fingerprint density at radius 3 is 2.19 bits per heavy atom. The lowest BCUT2D eigenvalue weighted by molar-refractivity contribution is -0.137. The quantitative estimate of drug-likeness (QED) is 0.378. The predicted molar refractivity (Wildman–Crippen MR) is 111 cm³/mol. The Kier molecular flexibility index (Phi) is 4.35. The molecule has 0 amide bonds. The van der Waals surface area contributed by atoms with Gasteiger partial charge in [-0.05, 0) is 54.6 Å². The van der Waals surface area contributed by atoms with Crippen LogP contribution in [0.4, 0.5) is 13.2 Å². The first-order valence-corrected chi connectivity index (χ1v) is 9.41. The van der Waals surface area contributed by atoms with Gasteiger partial charge >= 0.3 is 6.18 Å². The fourth-order valence-electron chi connectivity index (χ4n) is 3.46.